The second kappa shape index (κ2) is 6.60. The topological polar surface area (TPSA) is 92.4 Å². The van der Waals surface area contributed by atoms with Crippen molar-refractivity contribution in [3.8, 4) is 5.75 Å². The summed E-state index contributed by atoms with van der Waals surface area (Å²) in [5.74, 6) is 0.788. The van der Waals surface area contributed by atoms with Crippen LogP contribution in [0.3, 0.4) is 0 Å². The number of nitrogens with zero attached hydrogens (tertiary/aromatic N) is 3. The number of fused-ring (bicyclic) bond motifs is 2. The van der Waals surface area contributed by atoms with Crippen LogP contribution in [0.5, 0.6) is 5.75 Å². The van der Waals surface area contributed by atoms with E-state index in [2.05, 4.69) is 21.4 Å². The van der Waals surface area contributed by atoms with E-state index >= 15 is 0 Å². The van der Waals surface area contributed by atoms with Gasteiger partial charge in [-0.05, 0) is 30.7 Å². The summed E-state index contributed by atoms with van der Waals surface area (Å²) in [5, 5.41) is 25.6. The molecular weight excluding hydrogens is 344 g/mol. The van der Waals surface area contributed by atoms with E-state index in [1.165, 1.54) is 11.9 Å². The Morgan fingerprint density at radius 3 is 3.04 bits per heavy atom. The number of rotatable bonds is 3. The molecule has 2 aliphatic rings. The van der Waals surface area contributed by atoms with Gasteiger partial charge in [-0.25, -0.2) is 9.97 Å². The van der Waals surface area contributed by atoms with Crippen LogP contribution < -0.4 is 10.1 Å². The van der Waals surface area contributed by atoms with Crippen LogP contribution in [0.25, 0.3) is 11.0 Å². The fourth-order valence-corrected chi connectivity index (χ4v) is 4.28. The fourth-order valence-electron chi connectivity index (χ4n) is 4.28. The minimum atomic E-state index is -0.957. The second-order valence-corrected chi connectivity index (χ2v) is 7.29. The molecule has 0 saturated heterocycles. The third kappa shape index (κ3) is 2.79. The van der Waals surface area contributed by atoms with Gasteiger partial charge in [0.25, 0.3) is 0 Å². The number of hydrogen-bond donors (Lipinski definition) is 3. The summed E-state index contributed by atoms with van der Waals surface area (Å²) in [4.78, 5) is 8.35. The predicted molar refractivity (Wildman–Crippen MR) is 99.5 cm³/mol. The first kappa shape index (κ1) is 16.7. The molecule has 1 aromatic carbocycles. The molecule has 4 atom stereocenters. The highest BCUT2D eigenvalue weighted by molar-refractivity contribution is 5.74. The van der Waals surface area contributed by atoms with E-state index in [0.717, 1.165) is 41.9 Å². The average molecular weight is 366 g/mol. The van der Waals surface area contributed by atoms with Gasteiger partial charge in [0, 0.05) is 36.3 Å². The number of ether oxygens (including phenoxy) is 1. The summed E-state index contributed by atoms with van der Waals surface area (Å²) < 4.78 is 8.11. The highest BCUT2D eigenvalue weighted by Crippen LogP contribution is 2.37. The van der Waals surface area contributed by atoms with E-state index in [1.54, 1.807) is 6.20 Å². The molecule has 3 aromatic rings. The largest absolute Gasteiger partial charge is 0.487 e. The maximum atomic E-state index is 10.7. The molecule has 2 aromatic heterocycles. The van der Waals surface area contributed by atoms with E-state index in [4.69, 9.17) is 4.74 Å². The Kier molecular flexibility index (Phi) is 4.07. The molecule has 140 valence electrons. The van der Waals surface area contributed by atoms with Gasteiger partial charge in [-0.2, -0.15) is 0 Å². The second-order valence-electron chi connectivity index (χ2n) is 7.29. The van der Waals surface area contributed by atoms with Gasteiger partial charge in [0.2, 0.25) is 0 Å². The maximum absolute atomic E-state index is 10.7. The van der Waals surface area contributed by atoms with Crippen molar-refractivity contribution in [1.82, 2.24) is 19.9 Å². The number of nitrogens with one attached hydrogen (secondary N) is 1. The maximum Gasteiger partial charge on any atom is 0.143 e. The van der Waals surface area contributed by atoms with Crippen molar-refractivity contribution in [2.45, 2.75) is 43.7 Å². The molecule has 1 aliphatic carbocycles. The molecule has 27 heavy (non-hydrogen) atoms. The molecular formula is C20H22N4O3. The predicted octanol–water partition coefficient (Wildman–Crippen LogP) is 1.19. The lowest BCUT2D eigenvalue weighted by Gasteiger charge is -2.24. The third-order valence-electron chi connectivity index (χ3n) is 5.72. The van der Waals surface area contributed by atoms with Crippen molar-refractivity contribution in [3.05, 3.63) is 54.1 Å². The highest BCUT2D eigenvalue weighted by atomic mass is 16.5. The Balaban J connectivity index is 1.42. The van der Waals surface area contributed by atoms with E-state index in [1.807, 2.05) is 29.0 Å². The van der Waals surface area contributed by atoms with Crippen LogP contribution in [-0.4, -0.2) is 49.6 Å². The van der Waals surface area contributed by atoms with Crippen LogP contribution in [0.1, 0.15) is 23.6 Å². The van der Waals surface area contributed by atoms with Gasteiger partial charge in [0.15, 0.2) is 0 Å². The van der Waals surface area contributed by atoms with Crippen LogP contribution in [0.2, 0.25) is 0 Å². The molecule has 5 rings (SSSR count). The summed E-state index contributed by atoms with van der Waals surface area (Å²) in [6.45, 7) is 1.73. The molecule has 7 nitrogen and oxygen atoms in total. The fraction of sp³-hybridized carbons (Fsp3) is 0.400. The summed E-state index contributed by atoms with van der Waals surface area (Å²) >= 11 is 0. The average Bonchev–Trinajstić information content (AvgIpc) is 3.25. The van der Waals surface area contributed by atoms with Crippen LogP contribution >= 0.6 is 0 Å². The Morgan fingerprint density at radius 1 is 1.19 bits per heavy atom. The molecule has 0 radical (unpaired) electrons. The van der Waals surface area contributed by atoms with E-state index in [0.29, 0.717) is 6.42 Å². The highest BCUT2D eigenvalue weighted by Gasteiger charge is 2.44. The van der Waals surface area contributed by atoms with Gasteiger partial charge in [-0.15, -0.1) is 0 Å². The van der Waals surface area contributed by atoms with Crippen molar-refractivity contribution in [2.75, 3.05) is 6.54 Å². The Bertz CT molecular complexity index is 973. The number of benzene rings is 1. The molecule has 1 saturated carbocycles. The number of aromatic nitrogens is 3. The van der Waals surface area contributed by atoms with Crippen LogP contribution in [0.4, 0.5) is 0 Å². The van der Waals surface area contributed by atoms with Gasteiger partial charge in [0.1, 0.15) is 36.0 Å². The normalized spacial score (nSPS) is 27.6. The minimum absolute atomic E-state index is 0.296. The zero-order chi connectivity index (χ0) is 18.4. The Morgan fingerprint density at radius 2 is 2.11 bits per heavy atom. The smallest absolute Gasteiger partial charge is 0.143 e. The van der Waals surface area contributed by atoms with Gasteiger partial charge in [-0.1, -0.05) is 12.1 Å². The lowest BCUT2D eigenvalue weighted by molar-refractivity contribution is -0.0166. The summed E-state index contributed by atoms with van der Waals surface area (Å²) in [6.07, 6.45) is 4.25. The third-order valence-corrected chi connectivity index (χ3v) is 5.72. The molecule has 1 fully saturated rings. The monoisotopic (exact) mass is 366 g/mol. The lowest BCUT2D eigenvalue weighted by Crippen LogP contribution is -2.34. The van der Waals surface area contributed by atoms with Gasteiger partial charge < -0.3 is 24.8 Å². The van der Waals surface area contributed by atoms with Crippen molar-refractivity contribution in [1.29, 1.82) is 0 Å². The molecule has 0 amide bonds. The zero-order valence-corrected chi connectivity index (χ0v) is 14.8. The first-order chi connectivity index (χ1) is 13.2. The van der Waals surface area contributed by atoms with Crippen molar-refractivity contribution in [3.63, 3.8) is 0 Å². The van der Waals surface area contributed by atoms with Crippen LogP contribution in [-0.2, 0) is 13.0 Å². The summed E-state index contributed by atoms with van der Waals surface area (Å²) in [5.41, 5.74) is 3.18. The SMILES string of the molecule is O[C@@H]1[C@H](O)C(Oc2cccc3c2CNCC3)C[C@H]1n1ccc2cncnc21. The minimum Gasteiger partial charge on any atom is -0.487 e. The zero-order valence-electron chi connectivity index (χ0n) is 14.8. The Hall–Kier alpha value is -2.48. The van der Waals surface area contributed by atoms with Crippen LogP contribution in [0.15, 0.2) is 43.0 Å². The molecule has 0 bridgehead atoms. The van der Waals surface area contributed by atoms with E-state index in [-0.39, 0.29) is 6.04 Å². The van der Waals surface area contributed by atoms with Crippen molar-refractivity contribution >= 4 is 11.0 Å². The van der Waals surface area contributed by atoms with Crippen LogP contribution in [0, 0.1) is 0 Å². The molecule has 7 heteroatoms. The standard InChI is InChI=1S/C20H22N4O3/c25-18-15(24-7-5-13-9-22-11-23-20(13)24)8-17(19(18)26)27-16-3-1-2-12-4-6-21-10-14(12)16/h1-3,5,7,9,11,15,17-19,21,25-26H,4,6,8,10H2/t15-,17?,18+,19-/m1/s1. The van der Waals surface area contributed by atoms with Gasteiger partial charge >= 0.3 is 0 Å². The molecule has 3 heterocycles. The molecule has 3 N–H and O–H groups in total. The van der Waals surface area contributed by atoms with Gasteiger partial charge in [0.05, 0.1) is 6.04 Å². The molecule has 1 aliphatic heterocycles. The molecule has 0 spiro atoms. The summed E-state index contributed by atoms with van der Waals surface area (Å²) in [7, 11) is 0. The summed E-state index contributed by atoms with van der Waals surface area (Å²) in [6, 6.07) is 7.68. The van der Waals surface area contributed by atoms with Crippen molar-refractivity contribution < 1.29 is 14.9 Å². The lowest BCUT2D eigenvalue weighted by atomic mass is 10.0. The van der Waals surface area contributed by atoms with Gasteiger partial charge in [-0.3, -0.25) is 0 Å². The number of hydrogen-bond acceptors (Lipinski definition) is 6. The molecule has 1 unspecified atom stereocenters. The number of aliphatic hydroxyl groups excluding tert-OH is 2. The first-order valence-electron chi connectivity index (χ1n) is 9.33. The quantitative estimate of drug-likeness (QED) is 0.645. The Labute approximate surface area is 156 Å². The number of aliphatic hydroxyl groups is 2. The van der Waals surface area contributed by atoms with Crippen molar-refractivity contribution in [2.24, 2.45) is 0 Å². The van der Waals surface area contributed by atoms with E-state index < -0.39 is 18.3 Å². The first-order valence-corrected chi connectivity index (χ1v) is 9.33. The van der Waals surface area contributed by atoms with E-state index in [9.17, 15) is 10.2 Å².